The third-order valence-corrected chi connectivity index (χ3v) is 9.13. The Balaban J connectivity index is 1.51. The molecule has 1 aromatic heterocycles. The van der Waals surface area contributed by atoms with Crippen LogP contribution in [0.2, 0.25) is 0 Å². The molecule has 4 rings (SSSR count). The molecule has 40 heavy (non-hydrogen) atoms. The first-order chi connectivity index (χ1) is 19.6. The lowest BCUT2D eigenvalue weighted by Crippen LogP contribution is -2.24. The van der Waals surface area contributed by atoms with Crippen LogP contribution in [0.3, 0.4) is 0 Å². The van der Waals surface area contributed by atoms with Crippen molar-refractivity contribution in [2.45, 2.75) is 58.9 Å². The molecule has 0 spiro atoms. The highest BCUT2D eigenvalue weighted by molar-refractivity contribution is 7.53. The minimum absolute atomic E-state index is 0.0218. The van der Waals surface area contributed by atoms with E-state index in [9.17, 15) is 9.36 Å². The van der Waals surface area contributed by atoms with E-state index in [2.05, 4.69) is 24.3 Å². The standard InChI is InChI=1S/C33H41N2O4P/c1-3-38-40(37,39-4-2)27-19-8-6-5-7-18-26-34-31(28-20-12-9-13-21-28)32(29-22-14-10-15-23-29)35(33(34)36)30-24-16-11-17-25-30/h9-17,20-25H,3-8,18-19,26-27H2,1-2H3. The molecule has 0 aliphatic heterocycles. The third kappa shape index (κ3) is 7.51. The van der Waals surface area contributed by atoms with E-state index >= 15 is 0 Å². The molecule has 7 heteroatoms. The number of aromatic nitrogens is 2. The van der Waals surface area contributed by atoms with E-state index in [0.29, 0.717) is 25.9 Å². The van der Waals surface area contributed by atoms with Gasteiger partial charge in [0.05, 0.1) is 36.5 Å². The second-order valence-electron chi connectivity index (χ2n) is 9.83. The molecule has 0 bridgehead atoms. The van der Waals surface area contributed by atoms with Crippen LogP contribution in [0.15, 0.2) is 95.8 Å². The average molecular weight is 561 g/mol. The van der Waals surface area contributed by atoms with Gasteiger partial charge in [-0.1, -0.05) is 105 Å². The van der Waals surface area contributed by atoms with Gasteiger partial charge >= 0.3 is 13.3 Å². The van der Waals surface area contributed by atoms with Crippen molar-refractivity contribution in [2.24, 2.45) is 0 Å². The Kier molecular flexibility index (Phi) is 11.2. The highest BCUT2D eigenvalue weighted by Gasteiger charge is 2.24. The second kappa shape index (κ2) is 15.0. The quantitative estimate of drug-likeness (QED) is 0.102. The highest BCUT2D eigenvalue weighted by atomic mass is 31.2. The summed E-state index contributed by atoms with van der Waals surface area (Å²) in [6, 6.07) is 30.3. The number of hydrogen-bond acceptors (Lipinski definition) is 4. The summed E-state index contributed by atoms with van der Waals surface area (Å²) in [5, 5.41) is 0. The Bertz CT molecular complexity index is 1410. The minimum Gasteiger partial charge on any atom is -0.309 e. The minimum atomic E-state index is -2.95. The molecule has 212 valence electrons. The van der Waals surface area contributed by atoms with Crippen LogP contribution in [0.5, 0.6) is 0 Å². The summed E-state index contributed by atoms with van der Waals surface area (Å²) in [4.78, 5) is 14.0. The number of unbranched alkanes of at least 4 members (excludes halogenated alkanes) is 5. The van der Waals surface area contributed by atoms with Crippen molar-refractivity contribution < 1.29 is 13.6 Å². The summed E-state index contributed by atoms with van der Waals surface area (Å²) in [5.41, 5.74) is 4.74. The van der Waals surface area contributed by atoms with Gasteiger partial charge in [-0.3, -0.25) is 13.7 Å². The first-order valence-corrected chi connectivity index (χ1v) is 16.2. The maximum Gasteiger partial charge on any atom is 0.333 e. The maximum atomic E-state index is 14.0. The molecule has 0 amide bonds. The van der Waals surface area contributed by atoms with Crippen LogP contribution in [-0.4, -0.2) is 28.5 Å². The summed E-state index contributed by atoms with van der Waals surface area (Å²) in [6.45, 7) is 5.14. The molecule has 0 aliphatic carbocycles. The van der Waals surface area contributed by atoms with Crippen LogP contribution in [0.25, 0.3) is 28.2 Å². The van der Waals surface area contributed by atoms with Gasteiger partial charge in [0.15, 0.2) is 0 Å². The number of benzene rings is 3. The molecule has 6 nitrogen and oxygen atoms in total. The first-order valence-electron chi connectivity index (χ1n) is 14.5. The lowest BCUT2D eigenvalue weighted by Gasteiger charge is -2.16. The van der Waals surface area contributed by atoms with Crippen molar-refractivity contribution in [3.63, 3.8) is 0 Å². The third-order valence-electron chi connectivity index (χ3n) is 6.96. The van der Waals surface area contributed by atoms with E-state index in [-0.39, 0.29) is 5.69 Å². The van der Waals surface area contributed by atoms with Crippen LogP contribution in [0, 0.1) is 0 Å². The lowest BCUT2D eigenvalue weighted by atomic mass is 10.0. The number of imidazole rings is 1. The number of rotatable bonds is 16. The largest absolute Gasteiger partial charge is 0.333 e. The Labute approximate surface area is 238 Å². The van der Waals surface area contributed by atoms with Gasteiger partial charge in [-0.2, -0.15) is 0 Å². The summed E-state index contributed by atoms with van der Waals surface area (Å²) < 4.78 is 27.2. The molecule has 0 fully saturated rings. The molecule has 4 aromatic rings. The predicted molar refractivity (Wildman–Crippen MR) is 164 cm³/mol. The monoisotopic (exact) mass is 560 g/mol. The molecular weight excluding hydrogens is 519 g/mol. The van der Waals surface area contributed by atoms with Gasteiger partial charge in [0.25, 0.3) is 0 Å². The van der Waals surface area contributed by atoms with Gasteiger partial charge in [0, 0.05) is 17.7 Å². The second-order valence-corrected chi connectivity index (χ2v) is 12.0. The number of nitrogens with zero attached hydrogens (tertiary/aromatic N) is 2. The Hall–Kier alpha value is -3.18. The van der Waals surface area contributed by atoms with Gasteiger partial charge in [0.2, 0.25) is 0 Å². The van der Waals surface area contributed by atoms with Crippen molar-refractivity contribution in [3.8, 4) is 28.2 Å². The smallest absolute Gasteiger partial charge is 0.309 e. The van der Waals surface area contributed by atoms with E-state index < -0.39 is 7.60 Å². The zero-order chi connectivity index (χ0) is 28.2. The van der Waals surface area contributed by atoms with E-state index in [1.807, 2.05) is 89.7 Å². The van der Waals surface area contributed by atoms with Crippen LogP contribution >= 0.6 is 7.60 Å². The molecular formula is C33H41N2O4P. The van der Waals surface area contributed by atoms with Crippen molar-refractivity contribution >= 4 is 7.60 Å². The normalized spacial score (nSPS) is 11.7. The molecule has 3 aromatic carbocycles. The highest BCUT2D eigenvalue weighted by Crippen LogP contribution is 2.48. The van der Waals surface area contributed by atoms with Gasteiger partial charge in [-0.25, -0.2) is 4.79 Å². The van der Waals surface area contributed by atoms with E-state index in [1.54, 1.807) is 0 Å². The van der Waals surface area contributed by atoms with Crippen molar-refractivity contribution in [3.05, 3.63) is 101 Å². The molecule has 0 aliphatic rings. The fourth-order valence-electron chi connectivity index (χ4n) is 5.16. The maximum absolute atomic E-state index is 14.0. The molecule has 0 saturated carbocycles. The van der Waals surface area contributed by atoms with Crippen molar-refractivity contribution in [1.82, 2.24) is 9.13 Å². The summed E-state index contributed by atoms with van der Waals surface area (Å²) >= 11 is 0. The SMILES string of the molecule is CCOP(=O)(CCCCCCCCn1c(-c2ccccc2)c(-c2ccccc2)n(-c2ccccc2)c1=O)OCC. The van der Waals surface area contributed by atoms with Crippen molar-refractivity contribution in [1.29, 1.82) is 0 Å². The zero-order valence-electron chi connectivity index (χ0n) is 23.7. The molecule has 0 radical (unpaired) electrons. The molecule has 0 atom stereocenters. The molecule has 1 heterocycles. The summed E-state index contributed by atoms with van der Waals surface area (Å²) in [7, 11) is -2.95. The number of para-hydroxylation sites is 1. The first kappa shape index (κ1) is 29.8. The predicted octanol–water partition coefficient (Wildman–Crippen LogP) is 8.58. The Morgan fingerprint density at radius 1 is 0.625 bits per heavy atom. The van der Waals surface area contributed by atoms with E-state index in [0.717, 1.165) is 66.7 Å². The average Bonchev–Trinajstić information content (AvgIpc) is 3.27. The van der Waals surface area contributed by atoms with Gasteiger partial charge in [-0.15, -0.1) is 0 Å². The van der Waals surface area contributed by atoms with Crippen LogP contribution in [0.1, 0.15) is 52.4 Å². The van der Waals surface area contributed by atoms with Crippen LogP contribution < -0.4 is 5.69 Å². The summed E-state index contributed by atoms with van der Waals surface area (Å²) in [6.07, 6.45) is 6.33. The van der Waals surface area contributed by atoms with E-state index in [4.69, 9.17) is 9.05 Å². The Morgan fingerprint density at radius 2 is 1.10 bits per heavy atom. The van der Waals surface area contributed by atoms with Gasteiger partial charge in [0.1, 0.15) is 0 Å². The fraction of sp³-hybridized carbons (Fsp3) is 0.364. The summed E-state index contributed by atoms with van der Waals surface area (Å²) in [5.74, 6) is 0. The van der Waals surface area contributed by atoms with Crippen LogP contribution in [-0.2, 0) is 20.2 Å². The molecule has 0 N–H and O–H groups in total. The van der Waals surface area contributed by atoms with Gasteiger partial charge in [-0.05, 0) is 38.8 Å². The Morgan fingerprint density at radius 3 is 1.65 bits per heavy atom. The lowest BCUT2D eigenvalue weighted by molar-refractivity contribution is 0.219. The molecule has 0 saturated heterocycles. The van der Waals surface area contributed by atoms with Gasteiger partial charge < -0.3 is 9.05 Å². The fourth-order valence-corrected chi connectivity index (χ4v) is 6.89. The van der Waals surface area contributed by atoms with Crippen LogP contribution in [0.4, 0.5) is 0 Å². The van der Waals surface area contributed by atoms with Crippen molar-refractivity contribution in [2.75, 3.05) is 19.4 Å². The van der Waals surface area contributed by atoms with E-state index in [1.165, 1.54) is 0 Å². The number of hydrogen-bond donors (Lipinski definition) is 0. The topological polar surface area (TPSA) is 62.5 Å². The zero-order valence-corrected chi connectivity index (χ0v) is 24.6. The molecule has 0 unspecified atom stereocenters.